The minimum atomic E-state index is -0.898. The van der Waals surface area contributed by atoms with Gasteiger partial charge in [-0.2, -0.15) is 0 Å². The van der Waals surface area contributed by atoms with Crippen LogP contribution in [0.4, 0.5) is 4.79 Å². The molecular weight excluding hydrogens is 302 g/mol. The van der Waals surface area contributed by atoms with E-state index in [1.165, 1.54) is 0 Å². The molecule has 9 heteroatoms. The average molecular weight is 331 g/mol. The number of alkyl carbamates (subject to hydrolysis) is 1. The SMILES string of the molecule is CCC(C)C(N)CCCN(C(=N)NC(=O)OC(C)(C)C)[N+](=O)[O-]. The van der Waals surface area contributed by atoms with Crippen LogP contribution >= 0.6 is 0 Å². The molecule has 23 heavy (non-hydrogen) atoms. The second-order valence-electron chi connectivity index (χ2n) is 6.53. The van der Waals surface area contributed by atoms with Crippen LogP contribution < -0.4 is 11.1 Å². The molecule has 0 fully saturated rings. The van der Waals surface area contributed by atoms with Crippen LogP contribution in [-0.2, 0) is 4.74 Å². The third-order valence-electron chi connectivity index (χ3n) is 3.36. The number of carbonyl (C=O) groups excluding carboxylic acids is 1. The quantitative estimate of drug-likeness (QED) is 0.283. The third-order valence-corrected chi connectivity index (χ3v) is 3.36. The first kappa shape index (κ1) is 21.1. The first-order valence-corrected chi connectivity index (χ1v) is 7.73. The summed E-state index contributed by atoms with van der Waals surface area (Å²) in [6.07, 6.45) is 1.10. The van der Waals surface area contributed by atoms with Gasteiger partial charge in [0.15, 0.2) is 5.03 Å². The van der Waals surface area contributed by atoms with Crippen LogP contribution in [0.2, 0.25) is 0 Å². The lowest BCUT2D eigenvalue weighted by atomic mass is 9.96. The topological polar surface area (TPSA) is 135 Å². The second-order valence-corrected chi connectivity index (χ2v) is 6.53. The first-order valence-electron chi connectivity index (χ1n) is 7.73. The lowest BCUT2D eigenvalue weighted by Gasteiger charge is -2.22. The van der Waals surface area contributed by atoms with Crippen molar-refractivity contribution in [2.45, 2.75) is 65.5 Å². The lowest BCUT2D eigenvalue weighted by Crippen LogP contribution is -2.48. The van der Waals surface area contributed by atoms with Gasteiger partial charge in [0, 0.05) is 6.04 Å². The molecule has 0 aliphatic rings. The van der Waals surface area contributed by atoms with Crippen molar-refractivity contribution in [3.63, 3.8) is 0 Å². The lowest BCUT2D eigenvalue weighted by molar-refractivity contribution is -0.630. The maximum Gasteiger partial charge on any atom is 0.414 e. The molecule has 0 aromatic carbocycles. The van der Waals surface area contributed by atoms with E-state index in [0.717, 1.165) is 6.42 Å². The van der Waals surface area contributed by atoms with Gasteiger partial charge in [0.05, 0.1) is 6.54 Å². The summed E-state index contributed by atoms with van der Waals surface area (Å²) in [4.78, 5) is 22.6. The zero-order valence-electron chi connectivity index (χ0n) is 14.6. The molecule has 0 aromatic heterocycles. The number of nitrogens with zero attached hydrogens (tertiary/aromatic N) is 2. The van der Waals surface area contributed by atoms with Gasteiger partial charge in [0.2, 0.25) is 0 Å². The number of amides is 1. The van der Waals surface area contributed by atoms with Gasteiger partial charge in [-0.15, -0.1) is 0 Å². The zero-order chi connectivity index (χ0) is 18.2. The van der Waals surface area contributed by atoms with Gasteiger partial charge in [0.1, 0.15) is 5.60 Å². The number of ether oxygens (including phenoxy) is 1. The highest BCUT2D eigenvalue weighted by Crippen LogP contribution is 2.11. The van der Waals surface area contributed by atoms with Gasteiger partial charge >= 0.3 is 6.09 Å². The van der Waals surface area contributed by atoms with E-state index < -0.39 is 22.7 Å². The minimum absolute atomic E-state index is 0.00817. The van der Waals surface area contributed by atoms with Crippen LogP contribution in [0.3, 0.4) is 0 Å². The normalized spacial score (nSPS) is 13.8. The average Bonchev–Trinajstić information content (AvgIpc) is 2.39. The Hall–Kier alpha value is -1.90. The molecule has 0 saturated heterocycles. The van der Waals surface area contributed by atoms with Crippen LogP contribution in [-0.4, -0.2) is 40.3 Å². The molecule has 0 rings (SSSR count). The highest BCUT2D eigenvalue weighted by molar-refractivity contribution is 5.91. The van der Waals surface area contributed by atoms with Gasteiger partial charge in [-0.25, -0.2) is 14.9 Å². The maximum absolute atomic E-state index is 11.6. The Kier molecular flexibility index (Phi) is 8.52. The number of nitrogens with two attached hydrogens (primary N) is 1. The molecule has 134 valence electrons. The number of hydrazine groups is 1. The Balaban J connectivity index is 4.48. The molecule has 4 N–H and O–H groups in total. The fraction of sp³-hybridized carbons (Fsp3) is 0.857. The van der Waals surface area contributed by atoms with Crippen molar-refractivity contribution >= 4 is 12.1 Å². The largest absolute Gasteiger partial charge is 0.444 e. The van der Waals surface area contributed by atoms with Crippen molar-refractivity contribution in [3.8, 4) is 0 Å². The summed E-state index contributed by atoms with van der Waals surface area (Å²) in [5.41, 5.74) is 5.24. The molecule has 0 aliphatic carbocycles. The number of hydrogen-bond donors (Lipinski definition) is 3. The zero-order valence-corrected chi connectivity index (χ0v) is 14.6. The second kappa shape index (κ2) is 9.29. The van der Waals surface area contributed by atoms with E-state index in [9.17, 15) is 14.9 Å². The van der Waals surface area contributed by atoms with Gasteiger partial charge in [-0.1, -0.05) is 25.3 Å². The predicted octanol–water partition coefficient (Wildman–Crippen LogP) is 2.09. The van der Waals surface area contributed by atoms with Crippen LogP contribution in [0.1, 0.15) is 53.9 Å². The Morgan fingerprint density at radius 2 is 2.04 bits per heavy atom. The highest BCUT2D eigenvalue weighted by atomic mass is 16.7. The monoisotopic (exact) mass is 331 g/mol. The highest BCUT2D eigenvalue weighted by Gasteiger charge is 2.25. The van der Waals surface area contributed by atoms with E-state index in [2.05, 4.69) is 5.32 Å². The molecule has 2 unspecified atom stereocenters. The smallest absolute Gasteiger partial charge is 0.414 e. The van der Waals surface area contributed by atoms with Gasteiger partial charge in [-0.3, -0.25) is 10.7 Å². The van der Waals surface area contributed by atoms with Gasteiger partial charge in [-0.05, 0) is 39.5 Å². The molecule has 2 atom stereocenters. The van der Waals surface area contributed by atoms with E-state index >= 15 is 0 Å². The van der Waals surface area contributed by atoms with Gasteiger partial charge < -0.3 is 10.5 Å². The molecule has 1 amide bonds. The number of carbonyl (C=O) groups is 1. The van der Waals surface area contributed by atoms with Crippen LogP contribution in [0, 0.1) is 21.4 Å². The fourth-order valence-electron chi connectivity index (χ4n) is 1.80. The van der Waals surface area contributed by atoms with E-state index in [1.807, 2.05) is 13.8 Å². The molecule has 9 nitrogen and oxygen atoms in total. The van der Waals surface area contributed by atoms with Crippen LogP contribution in [0.15, 0.2) is 0 Å². The summed E-state index contributed by atoms with van der Waals surface area (Å²) in [6, 6.07) is -0.0402. The summed E-state index contributed by atoms with van der Waals surface area (Å²) < 4.78 is 4.97. The number of rotatable bonds is 7. The summed E-state index contributed by atoms with van der Waals surface area (Å²) in [5, 5.41) is 20.6. The molecule has 0 aliphatic heterocycles. The van der Waals surface area contributed by atoms with Crippen molar-refractivity contribution in [1.29, 1.82) is 5.41 Å². The van der Waals surface area contributed by atoms with Crippen LogP contribution in [0.25, 0.3) is 0 Å². The Bertz CT molecular complexity index is 422. The fourth-order valence-corrected chi connectivity index (χ4v) is 1.80. The Morgan fingerprint density at radius 3 is 2.48 bits per heavy atom. The van der Waals surface area contributed by atoms with E-state index in [1.54, 1.807) is 20.8 Å². The van der Waals surface area contributed by atoms with Crippen molar-refractivity contribution in [3.05, 3.63) is 10.1 Å². The number of nitrogens with one attached hydrogen (secondary N) is 2. The van der Waals surface area contributed by atoms with Crippen molar-refractivity contribution < 1.29 is 14.6 Å². The molecule has 0 radical (unpaired) electrons. The maximum atomic E-state index is 11.6. The van der Waals surface area contributed by atoms with Crippen molar-refractivity contribution in [1.82, 2.24) is 10.3 Å². The van der Waals surface area contributed by atoms with Crippen LogP contribution in [0.5, 0.6) is 0 Å². The standard InChI is InChI=1S/C14H29N5O4/c1-6-10(2)11(15)8-7-9-18(19(21)22)12(16)17-13(20)23-14(3,4)5/h10-11H,6-9,15H2,1-5H3,(H2,16,17,20). The molecule has 0 spiro atoms. The summed E-state index contributed by atoms with van der Waals surface area (Å²) >= 11 is 0. The summed E-state index contributed by atoms with van der Waals surface area (Å²) in [6.45, 7) is 9.05. The Morgan fingerprint density at radius 1 is 1.48 bits per heavy atom. The van der Waals surface area contributed by atoms with E-state index in [-0.39, 0.29) is 12.6 Å². The van der Waals surface area contributed by atoms with Crippen molar-refractivity contribution in [2.24, 2.45) is 11.7 Å². The molecule has 0 heterocycles. The Labute approximate surface area is 137 Å². The summed E-state index contributed by atoms with van der Waals surface area (Å²) in [7, 11) is 0. The number of nitro groups is 1. The van der Waals surface area contributed by atoms with E-state index in [0.29, 0.717) is 23.8 Å². The van der Waals surface area contributed by atoms with Gasteiger partial charge in [0.25, 0.3) is 5.96 Å². The predicted molar refractivity (Wildman–Crippen MR) is 87.5 cm³/mol. The first-order chi connectivity index (χ1) is 10.5. The number of guanidine groups is 1. The molecule has 0 bridgehead atoms. The third kappa shape index (κ3) is 8.97. The summed E-state index contributed by atoms with van der Waals surface area (Å²) in [5.74, 6) is -0.292. The molecular formula is C14H29N5O4. The van der Waals surface area contributed by atoms with E-state index in [4.69, 9.17) is 15.9 Å². The molecule has 0 aromatic rings. The number of hydrogen-bond acceptors (Lipinski definition) is 6. The molecule has 0 saturated carbocycles. The minimum Gasteiger partial charge on any atom is -0.444 e. The van der Waals surface area contributed by atoms with Crippen molar-refractivity contribution in [2.75, 3.05) is 6.54 Å².